The van der Waals surface area contributed by atoms with Crippen molar-refractivity contribution >= 4 is 29.5 Å². The van der Waals surface area contributed by atoms with Crippen molar-refractivity contribution in [2.75, 3.05) is 0 Å². The van der Waals surface area contributed by atoms with Crippen LogP contribution in [0.5, 0.6) is 5.88 Å². The molecule has 4 nitrogen and oxygen atoms in total. The Morgan fingerprint density at radius 1 is 1.25 bits per heavy atom. The highest BCUT2D eigenvalue weighted by atomic mass is 35.5. The predicted molar refractivity (Wildman–Crippen MR) is 69.5 cm³/mol. The molecule has 0 aliphatic heterocycles. The maximum absolute atomic E-state index is 12.3. The first-order valence-corrected chi connectivity index (χ1v) is 6.00. The number of ether oxygens (including phenoxy) is 1. The number of alkyl halides is 2. The van der Waals surface area contributed by atoms with E-state index in [4.69, 9.17) is 23.2 Å². The molecule has 0 atom stereocenters. The predicted octanol–water partition coefficient (Wildman–Crippen LogP) is 3.86. The third kappa shape index (κ3) is 3.02. The topological polar surface area (TPSA) is 52.1 Å². The van der Waals surface area contributed by atoms with Gasteiger partial charge >= 0.3 is 6.61 Å². The number of halogens is 4. The number of aromatic nitrogens is 2. The van der Waals surface area contributed by atoms with Crippen LogP contribution in [0.3, 0.4) is 0 Å². The number of pyridine rings is 2. The van der Waals surface area contributed by atoms with E-state index >= 15 is 0 Å². The van der Waals surface area contributed by atoms with Crippen LogP contribution in [-0.4, -0.2) is 22.9 Å². The lowest BCUT2D eigenvalue weighted by Crippen LogP contribution is -2.06. The summed E-state index contributed by atoms with van der Waals surface area (Å²) in [4.78, 5) is 18.4. The second kappa shape index (κ2) is 6.11. The average molecular weight is 319 g/mol. The maximum Gasteiger partial charge on any atom is 0.388 e. The third-order valence-corrected chi connectivity index (χ3v) is 3.11. The van der Waals surface area contributed by atoms with Gasteiger partial charge in [-0.1, -0.05) is 23.2 Å². The first-order valence-electron chi connectivity index (χ1n) is 5.24. The average Bonchev–Trinajstić information content (AvgIpc) is 2.41. The largest absolute Gasteiger partial charge is 0.416 e. The Hall–Kier alpha value is -1.79. The number of hydrogen-bond donors (Lipinski definition) is 0. The van der Waals surface area contributed by atoms with Gasteiger partial charge in [0.1, 0.15) is 5.15 Å². The van der Waals surface area contributed by atoms with Gasteiger partial charge in [-0.2, -0.15) is 8.78 Å². The fraction of sp³-hybridized carbons (Fsp3) is 0.0833. The van der Waals surface area contributed by atoms with Gasteiger partial charge in [0.05, 0.1) is 16.3 Å². The molecule has 2 rings (SSSR count). The monoisotopic (exact) mass is 318 g/mol. The lowest BCUT2D eigenvalue weighted by atomic mass is 10.1. The highest BCUT2D eigenvalue weighted by Crippen LogP contribution is 2.32. The number of carbonyl (C=O) groups excluding carboxylic acids is 1. The van der Waals surface area contributed by atoms with E-state index in [1.165, 1.54) is 24.4 Å². The van der Waals surface area contributed by atoms with E-state index in [9.17, 15) is 13.6 Å². The Morgan fingerprint density at radius 3 is 2.65 bits per heavy atom. The molecule has 0 saturated carbocycles. The SMILES string of the molecule is O=Cc1ccc(-c2ccnc(Cl)c2Cl)nc1OC(F)F. The highest BCUT2D eigenvalue weighted by molar-refractivity contribution is 6.42. The molecule has 2 aromatic rings. The second-order valence-corrected chi connectivity index (χ2v) is 4.29. The van der Waals surface area contributed by atoms with Crippen molar-refractivity contribution in [3.8, 4) is 17.1 Å². The fourth-order valence-corrected chi connectivity index (χ4v) is 1.85. The van der Waals surface area contributed by atoms with Gasteiger partial charge < -0.3 is 4.74 Å². The molecule has 8 heteroatoms. The molecule has 20 heavy (non-hydrogen) atoms. The van der Waals surface area contributed by atoms with E-state index < -0.39 is 12.5 Å². The van der Waals surface area contributed by atoms with Crippen LogP contribution in [0.25, 0.3) is 11.3 Å². The summed E-state index contributed by atoms with van der Waals surface area (Å²) in [5.74, 6) is -0.475. The smallest absolute Gasteiger partial charge is 0.388 e. The van der Waals surface area contributed by atoms with Gasteiger partial charge in [-0.15, -0.1) is 0 Å². The molecule has 2 aromatic heterocycles. The number of hydrogen-bond acceptors (Lipinski definition) is 4. The maximum atomic E-state index is 12.3. The quantitative estimate of drug-likeness (QED) is 0.634. The van der Waals surface area contributed by atoms with Crippen molar-refractivity contribution in [2.24, 2.45) is 0 Å². The van der Waals surface area contributed by atoms with Crippen molar-refractivity contribution in [2.45, 2.75) is 6.61 Å². The summed E-state index contributed by atoms with van der Waals surface area (Å²) >= 11 is 11.7. The molecule has 0 aliphatic rings. The number of aldehydes is 1. The van der Waals surface area contributed by atoms with E-state index in [2.05, 4.69) is 14.7 Å². The van der Waals surface area contributed by atoms with Crippen LogP contribution in [0.2, 0.25) is 10.2 Å². The minimum absolute atomic E-state index is 0.0572. The van der Waals surface area contributed by atoms with Gasteiger partial charge in [0.25, 0.3) is 0 Å². The molecule has 0 bridgehead atoms. The zero-order valence-electron chi connectivity index (χ0n) is 9.69. The Bertz CT molecular complexity index is 653. The minimum Gasteiger partial charge on any atom is -0.416 e. The van der Waals surface area contributed by atoms with Crippen LogP contribution in [0.1, 0.15) is 10.4 Å². The number of nitrogens with zero attached hydrogens (tertiary/aromatic N) is 2. The number of carbonyl (C=O) groups is 1. The summed E-state index contributed by atoms with van der Waals surface area (Å²) in [5, 5.41) is 0.185. The molecule has 0 aromatic carbocycles. The molecular formula is C12H6Cl2F2N2O2. The molecule has 0 N–H and O–H groups in total. The van der Waals surface area contributed by atoms with Crippen molar-refractivity contribution < 1.29 is 18.3 Å². The zero-order valence-corrected chi connectivity index (χ0v) is 11.2. The zero-order chi connectivity index (χ0) is 14.7. The second-order valence-electron chi connectivity index (χ2n) is 3.55. The van der Waals surface area contributed by atoms with Gasteiger partial charge in [0.15, 0.2) is 6.29 Å². The molecule has 0 saturated heterocycles. The van der Waals surface area contributed by atoms with Crippen LogP contribution in [0.15, 0.2) is 24.4 Å². The Labute approximate surface area is 122 Å². The Kier molecular flexibility index (Phi) is 4.46. The molecule has 0 unspecified atom stereocenters. The van der Waals surface area contributed by atoms with Crippen LogP contribution < -0.4 is 4.74 Å². The molecular weight excluding hydrogens is 313 g/mol. The van der Waals surface area contributed by atoms with Gasteiger partial charge in [0, 0.05) is 11.8 Å². The van der Waals surface area contributed by atoms with Gasteiger partial charge in [-0.25, -0.2) is 9.97 Å². The normalized spacial score (nSPS) is 10.7. The number of rotatable bonds is 4. The molecule has 0 aliphatic carbocycles. The molecule has 0 spiro atoms. The van der Waals surface area contributed by atoms with Crippen LogP contribution in [-0.2, 0) is 0 Å². The summed E-state index contributed by atoms with van der Waals surface area (Å²) in [7, 11) is 0. The molecule has 0 fully saturated rings. The van der Waals surface area contributed by atoms with E-state index in [1.807, 2.05) is 0 Å². The van der Waals surface area contributed by atoms with Crippen molar-refractivity contribution in [3.63, 3.8) is 0 Å². The molecule has 0 radical (unpaired) electrons. The molecule has 2 heterocycles. The van der Waals surface area contributed by atoms with E-state index in [1.54, 1.807) is 0 Å². The standard InChI is InChI=1S/C12H6Cl2F2N2O2/c13-9-7(3-4-17-10(9)14)8-2-1-6(5-19)11(18-8)20-12(15)16/h1-5,12H. The summed E-state index contributed by atoms with van der Waals surface area (Å²) < 4.78 is 28.8. The van der Waals surface area contributed by atoms with Crippen molar-refractivity contribution in [3.05, 3.63) is 40.1 Å². The first kappa shape index (κ1) is 14.6. The lowest BCUT2D eigenvalue weighted by Gasteiger charge is -2.09. The summed E-state index contributed by atoms with van der Waals surface area (Å²) in [6.07, 6.45) is 1.77. The molecule has 0 amide bonds. The van der Waals surface area contributed by atoms with Gasteiger partial charge in [-0.3, -0.25) is 4.79 Å². The van der Waals surface area contributed by atoms with Crippen LogP contribution in [0.4, 0.5) is 8.78 Å². The summed E-state index contributed by atoms with van der Waals surface area (Å²) in [6, 6.07) is 4.26. The third-order valence-electron chi connectivity index (χ3n) is 2.34. The van der Waals surface area contributed by atoms with Crippen molar-refractivity contribution in [1.82, 2.24) is 9.97 Å². The Morgan fingerprint density at radius 2 is 2.00 bits per heavy atom. The first-order chi connectivity index (χ1) is 9.52. The van der Waals surface area contributed by atoms with Crippen molar-refractivity contribution in [1.29, 1.82) is 0 Å². The van der Waals surface area contributed by atoms with Gasteiger partial charge in [-0.05, 0) is 18.2 Å². The van der Waals surface area contributed by atoms with Crippen LogP contribution >= 0.6 is 23.2 Å². The van der Waals surface area contributed by atoms with E-state index in [-0.39, 0.29) is 21.4 Å². The summed E-state index contributed by atoms with van der Waals surface area (Å²) in [5.41, 5.74) is 0.536. The minimum atomic E-state index is -3.09. The van der Waals surface area contributed by atoms with E-state index in [0.29, 0.717) is 11.8 Å². The van der Waals surface area contributed by atoms with Gasteiger partial charge in [0.2, 0.25) is 5.88 Å². The molecule has 104 valence electrons. The fourth-order valence-electron chi connectivity index (χ4n) is 1.49. The summed E-state index contributed by atoms with van der Waals surface area (Å²) in [6.45, 7) is -3.09. The van der Waals surface area contributed by atoms with E-state index in [0.717, 1.165) is 0 Å². The lowest BCUT2D eigenvalue weighted by molar-refractivity contribution is -0.0530. The highest BCUT2D eigenvalue weighted by Gasteiger charge is 2.15. The van der Waals surface area contributed by atoms with Crippen LogP contribution in [0, 0.1) is 0 Å². The Balaban J connectivity index is 2.52.